The van der Waals surface area contributed by atoms with Crippen LogP contribution in [0.2, 0.25) is 0 Å². The Kier molecular flexibility index (Phi) is 36.9. The predicted octanol–water partition coefficient (Wildman–Crippen LogP) is 10.1. The fourth-order valence-electron chi connectivity index (χ4n) is 6.63. The van der Waals surface area contributed by atoms with Gasteiger partial charge in [0.2, 0.25) is 5.91 Å². The number of carbonyl (C=O) groups excluding carboxylic acids is 1. The Morgan fingerprint density at radius 3 is 1.60 bits per heavy atom. The minimum Gasteiger partial charge on any atom is -0.394 e. The summed E-state index contributed by atoms with van der Waals surface area (Å²) < 4.78 is 11.2. The van der Waals surface area contributed by atoms with Gasteiger partial charge in [0.05, 0.1) is 25.4 Å². The highest BCUT2D eigenvalue weighted by Crippen LogP contribution is 2.22. The second-order valence-corrected chi connectivity index (χ2v) is 15.8. The summed E-state index contributed by atoms with van der Waals surface area (Å²) in [6.07, 6.45) is 50.3. The molecule has 9 nitrogen and oxygen atoms in total. The molecule has 1 aliphatic rings. The van der Waals surface area contributed by atoms with Gasteiger partial charge in [-0.3, -0.25) is 4.79 Å². The van der Waals surface area contributed by atoms with Crippen molar-refractivity contribution in [2.75, 3.05) is 13.2 Å². The molecule has 1 amide bonds. The van der Waals surface area contributed by atoms with E-state index in [2.05, 4.69) is 104 Å². The minimum absolute atomic E-state index is 0.235. The van der Waals surface area contributed by atoms with Crippen molar-refractivity contribution in [1.82, 2.24) is 5.32 Å². The summed E-state index contributed by atoms with van der Waals surface area (Å²) in [6, 6.07) is -0.863. The third-order valence-corrected chi connectivity index (χ3v) is 10.4. The van der Waals surface area contributed by atoms with E-state index in [1.165, 1.54) is 64.2 Å². The van der Waals surface area contributed by atoms with E-state index in [1.807, 2.05) is 6.08 Å². The van der Waals surface area contributed by atoms with Gasteiger partial charge in [0.1, 0.15) is 24.4 Å². The van der Waals surface area contributed by atoms with Gasteiger partial charge in [0.25, 0.3) is 0 Å². The Labute approximate surface area is 364 Å². The van der Waals surface area contributed by atoms with Crippen molar-refractivity contribution in [3.8, 4) is 0 Å². The largest absolute Gasteiger partial charge is 0.394 e. The van der Waals surface area contributed by atoms with Gasteiger partial charge < -0.3 is 40.3 Å². The molecule has 342 valence electrons. The molecule has 0 aromatic rings. The molecule has 0 saturated carbocycles. The molecule has 7 unspecified atom stereocenters. The van der Waals surface area contributed by atoms with E-state index in [-0.39, 0.29) is 18.9 Å². The van der Waals surface area contributed by atoms with Crippen molar-refractivity contribution < 1.29 is 39.8 Å². The van der Waals surface area contributed by atoms with Crippen LogP contribution in [0.3, 0.4) is 0 Å². The van der Waals surface area contributed by atoms with Crippen molar-refractivity contribution in [2.24, 2.45) is 0 Å². The van der Waals surface area contributed by atoms with Crippen LogP contribution in [0.5, 0.6) is 0 Å². The Morgan fingerprint density at radius 2 is 1.05 bits per heavy atom. The number of nitrogens with one attached hydrogen (secondary N) is 1. The number of hydrogen-bond acceptors (Lipinski definition) is 8. The zero-order valence-corrected chi connectivity index (χ0v) is 37.4. The molecule has 6 N–H and O–H groups in total. The highest BCUT2D eigenvalue weighted by molar-refractivity contribution is 5.76. The van der Waals surface area contributed by atoms with Crippen LogP contribution in [0.25, 0.3) is 0 Å². The highest BCUT2D eigenvalue weighted by atomic mass is 16.7. The van der Waals surface area contributed by atoms with Crippen LogP contribution in [0.15, 0.2) is 97.2 Å². The monoisotopic (exact) mass is 840 g/mol. The number of rotatable bonds is 37. The van der Waals surface area contributed by atoms with Crippen molar-refractivity contribution in [3.05, 3.63) is 97.2 Å². The number of ether oxygens (including phenoxy) is 2. The van der Waals surface area contributed by atoms with E-state index in [0.29, 0.717) is 12.8 Å². The topological polar surface area (TPSA) is 149 Å². The number of amides is 1. The van der Waals surface area contributed by atoms with Crippen molar-refractivity contribution in [1.29, 1.82) is 0 Å². The first-order chi connectivity index (χ1) is 29.3. The van der Waals surface area contributed by atoms with Crippen LogP contribution in [0.1, 0.15) is 162 Å². The molecule has 9 heteroatoms. The molecule has 1 aliphatic heterocycles. The smallest absolute Gasteiger partial charge is 0.220 e. The lowest BCUT2D eigenvalue weighted by Gasteiger charge is -2.40. The van der Waals surface area contributed by atoms with Crippen LogP contribution in [-0.4, -0.2) is 87.5 Å². The van der Waals surface area contributed by atoms with Gasteiger partial charge in [-0.05, 0) is 83.5 Å². The summed E-state index contributed by atoms with van der Waals surface area (Å²) in [6.45, 7) is 3.58. The summed E-state index contributed by atoms with van der Waals surface area (Å²) in [7, 11) is 0. The zero-order chi connectivity index (χ0) is 43.7. The van der Waals surface area contributed by atoms with E-state index >= 15 is 0 Å². The first kappa shape index (κ1) is 55.1. The van der Waals surface area contributed by atoms with E-state index in [0.717, 1.165) is 64.2 Å². The molecule has 0 aliphatic carbocycles. The minimum atomic E-state index is -1.59. The standard InChI is InChI=1S/C51H85NO8/c1-3-5-7-9-11-13-15-17-19-21-22-23-25-26-28-30-32-34-36-38-40-45(54)44(43-59-51-50(58)49(57)48(56)46(42-53)60-51)52-47(55)41-39-37-35-33-31-29-27-24-20-18-16-14-12-10-8-6-4-2/h6,8,12,14,18,20,23,25,27,29-30,32-33,35,38,40,44-46,48-51,53-54,56-58H,3-5,7,9-11,13,15-17,19,21-22,24,26,28,31,34,36-37,39,41-43H2,1-2H3,(H,52,55)/b8-6-,14-12-,20-18-,25-23+,29-27-,32-30+,35-33-,40-38+. The molecule has 0 aromatic heterocycles. The molecule has 0 radical (unpaired) electrons. The van der Waals surface area contributed by atoms with Gasteiger partial charge in [-0.15, -0.1) is 0 Å². The van der Waals surface area contributed by atoms with Gasteiger partial charge in [-0.25, -0.2) is 0 Å². The molecule has 0 aromatic carbocycles. The molecular weight excluding hydrogens is 755 g/mol. The highest BCUT2D eigenvalue weighted by Gasteiger charge is 2.44. The van der Waals surface area contributed by atoms with Gasteiger partial charge in [0, 0.05) is 6.42 Å². The lowest BCUT2D eigenvalue weighted by molar-refractivity contribution is -0.302. The van der Waals surface area contributed by atoms with Gasteiger partial charge in [-0.2, -0.15) is 0 Å². The third-order valence-electron chi connectivity index (χ3n) is 10.4. The van der Waals surface area contributed by atoms with Gasteiger partial charge in [0.15, 0.2) is 6.29 Å². The summed E-state index contributed by atoms with van der Waals surface area (Å²) in [5.74, 6) is -0.252. The maximum Gasteiger partial charge on any atom is 0.220 e. The second kappa shape index (κ2) is 40.2. The Hall–Kier alpha value is -2.89. The summed E-state index contributed by atoms with van der Waals surface area (Å²) in [4.78, 5) is 12.9. The molecule has 1 rings (SSSR count). The molecule has 7 atom stereocenters. The predicted molar refractivity (Wildman–Crippen MR) is 248 cm³/mol. The van der Waals surface area contributed by atoms with Gasteiger partial charge >= 0.3 is 0 Å². The molecule has 0 bridgehead atoms. The molecule has 1 saturated heterocycles. The van der Waals surface area contributed by atoms with Crippen LogP contribution in [0, 0.1) is 0 Å². The average Bonchev–Trinajstić information content (AvgIpc) is 3.25. The normalized spacial score (nSPS) is 21.5. The molecule has 1 heterocycles. The number of hydrogen-bond donors (Lipinski definition) is 6. The third kappa shape index (κ3) is 30.2. The van der Waals surface area contributed by atoms with Crippen LogP contribution in [-0.2, 0) is 14.3 Å². The average molecular weight is 840 g/mol. The molecule has 1 fully saturated rings. The fraction of sp³-hybridized carbons (Fsp3) is 0.667. The van der Waals surface area contributed by atoms with Crippen LogP contribution < -0.4 is 5.32 Å². The molecular formula is C51H85NO8. The van der Waals surface area contributed by atoms with E-state index < -0.39 is 49.5 Å². The van der Waals surface area contributed by atoms with Crippen molar-refractivity contribution in [2.45, 2.75) is 204 Å². The second-order valence-electron chi connectivity index (χ2n) is 15.8. The first-order valence-corrected chi connectivity index (χ1v) is 23.5. The Balaban J connectivity index is 2.45. The maximum atomic E-state index is 12.9. The van der Waals surface area contributed by atoms with E-state index in [4.69, 9.17) is 9.47 Å². The fourth-order valence-corrected chi connectivity index (χ4v) is 6.63. The van der Waals surface area contributed by atoms with E-state index in [9.17, 15) is 30.3 Å². The number of unbranched alkanes of at least 4 members (excludes halogenated alkanes) is 13. The van der Waals surface area contributed by atoms with Crippen LogP contribution >= 0.6 is 0 Å². The summed E-state index contributed by atoms with van der Waals surface area (Å²) in [5.41, 5.74) is 0. The lowest BCUT2D eigenvalue weighted by atomic mass is 9.99. The quantitative estimate of drug-likeness (QED) is 0.0268. The first-order valence-electron chi connectivity index (χ1n) is 23.5. The van der Waals surface area contributed by atoms with Crippen molar-refractivity contribution >= 4 is 5.91 Å². The SMILES string of the molecule is CC/C=C\C/C=C\C/C=C\C/C=C\C/C=C\CCCC(=O)NC(COC1OC(CO)C(O)C(O)C1O)C(O)/C=C/CC/C=C/CC/C=C/CCCCCCCCCCCC. The lowest BCUT2D eigenvalue weighted by Crippen LogP contribution is -2.60. The number of aliphatic hydroxyl groups is 5. The maximum absolute atomic E-state index is 12.9. The van der Waals surface area contributed by atoms with Crippen LogP contribution in [0.4, 0.5) is 0 Å². The molecule has 60 heavy (non-hydrogen) atoms. The number of allylic oxidation sites excluding steroid dienone is 15. The van der Waals surface area contributed by atoms with E-state index in [1.54, 1.807) is 6.08 Å². The van der Waals surface area contributed by atoms with Gasteiger partial charge in [-0.1, -0.05) is 169 Å². The number of carbonyl (C=O) groups is 1. The number of aliphatic hydroxyl groups excluding tert-OH is 5. The Morgan fingerprint density at radius 1 is 0.583 bits per heavy atom. The molecule has 0 spiro atoms. The van der Waals surface area contributed by atoms with Crippen molar-refractivity contribution in [3.63, 3.8) is 0 Å². The Bertz CT molecular complexity index is 1250. The summed E-state index contributed by atoms with van der Waals surface area (Å²) in [5, 5.41) is 54.1. The summed E-state index contributed by atoms with van der Waals surface area (Å²) >= 11 is 0. The zero-order valence-electron chi connectivity index (χ0n) is 37.4.